The van der Waals surface area contributed by atoms with Gasteiger partial charge in [0, 0.05) is 12.4 Å². The summed E-state index contributed by atoms with van der Waals surface area (Å²) in [5.74, 6) is -0.916. The number of carbonyl (C=O) groups excluding carboxylic acids is 1. The van der Waals surface area contributed by atoms with Crippen LogP contribution in [-0.2, 0) is 11.3 Å². The molecule has 0 saturated heterocycles. The summed E-state index contributed by atoms with van der Waals surface area (Å²) in [6.07, 6.45) is 0.538. The van der Waals surface area contributed by atoms with Crippen LogP contribution in [0.25, 0.3) is 33.6 Å². The van der Waals surface area contributed by atoms with Crippen LogP contribution in [0.4, 0.5) is 13.2 Å². The van der Waals surface area contributed by atoms with E-state index in [-0.39, 0.29) is 0 Å². The van der Waals surface area contributed by atoms with Gasteiger partial charge in [0.05, 0.1) is 39.9 Å². The Kier molecular flexibility index (Phi) is 5.58. The van der Waals surface area contributed by atoms with Gasteiger partial charge in [-0.15, -0.1) is 0 Å². The lowest BCUT2D eigenvalue weighted by atomic mass is 10.1. The zero-order valence-corrected chi connectivity index (χ0v) is 19.2. The molecule has 0 aliphatic heterocycles. The Hall–Kier alpha value is -4.48. The van der Waals surface area contributed by atoms with Gasteiger partial charge in [0.25, 0.3) is 0 Å². The minimum atomic E-state index is -4.55. The number of aromatic nitrogens is 6. The Balaban J connectivity index is 1.59. The monoisotopic (exact) mass is 495 g/mol. The van der Waals surface area contributed by atoms with E-state index in [9.17, 15) is 22.8 Å². The minimum absolute atomic E-state index is 0.428. The lowest BCUT2D eigenvalue weighted by Gasteiger charge is -2.10. The average molecular weight is 495 g/mol. The van der Waals surface area contributed by atoms with E-state index in [1.165, 1.54) is 4.57 Å². The topological polar surface area (TPSA) is 99.1 Å². The standard InChI is InChI=1S/C24H20F3N7O2/c1-14-5-3-6-19-21(14)34(23(36)32(19)12-20(35)29-13-24(25,26)27)18-8-7-17(31-15(18)2)16-11-30-33-10-4-9-28-22(16)33/h3-11H,12-13H2,1-2H3,(H,29,35). The molecule has 0 bridgehead atoms. The van der Waals surface area contributed by atoms with Crippen molar-refractivity contribution in [2.75, 3.05) is 6.54 Å². The predicted octanol–water partition coefficient (Wildman–Crippen LogP) is 3.19. The molecule has 1 N–H and O–H groups in total. The molecule has 0 saturated carbocycles. The van der Waals surface area contributed by atoms with Crippen LogP contribution in [0.3, 0.4) is 0 Å². The number of fused-ring (bicyclic) bond motifs is 2. The molecular weight excluding hydrogens is 475 g/mol. The number of hydrogen-bond acceptors (Lipinski definition) is 5. The van der Waals surface area contributed by atoms with E-state index >= 15 is 0 Å². The molecule has 0 spiro atoms. The Bertz CT molecular complexity index is 1680. The highest BCUT2D eigenvalue weighted by atomic mass is 19.4. The summed E-state index contributed by atoms with van der Waals surface area (Å²) < 4.78 is 41.8. The number of rotatable bonds is 5. The predicted molar refractivity (Wildman–Crippen MR) is 126 cm³/mol. The normalized spacial score (nSPS) is 11.9. The number of aryl methyl sites for hydroxylation is 2. The number of para-hydroxylation sites is 1. The molecule has 1 aromatic carbocycles. The first-order valence-electron chi connectivity index (χ1n) is 10.9. The molecule has 0 fully saturated rings. The number of nitrogens with zero attached hydrogens (tertiary/aromatic N) is 6. The summed E-state index contributed by atoms with van der Waals surface area (Å²) in [6, 6.07) is 10.4. The van der Waals surface area contributed by atoms with Gasteiger partial charge in [-0.3, -0.25) is 18.9 Å². The molecule has 0 aliphatic carbocycles. The van der Waals surface area contributed by atoms with Crippen molar-refractivity contribution in [3.8, 4) is 16.9 Å². The van der Waals surface area contributed by atoms with Gasteiger partial charge in [-0.25, -0.2) is 14.3 Å². The second kappa shape index (κ2) is 8.63. The van der Waals surface area contributed by atoms with Gasteiger partial charge in [0.2, 0.25) is 5.91 Å². The molecule has 184 valence electrons. The van der Waals surface area contributed by atoms with Crippen molar-refractivity contribution in [2.45, 2.75) is 26.6 Å². The zero-order valence-electron chi connectivity index (χ0n) is 19.2. The van der Waals surface area contributed by atoms with Crippen LogP contribution in [-0.4, -0.2) is 47.3 Å². The average Bonchev–Trinajstić information content (AvgIpc) is 3.38. The van der Waals surface area contributed by atoms with Gasteiger partial charge in [-0.2, -0.15) is 18.3 Å². The first-order valence-corrected chi connectivity index (χ1v) is 10.9. The summed E-state index contributed by atoms with van der Waals surface area (Å²) in [4.78, 5) is 34.7. The van der Waals surface area contributed by atoms with E-state index in [1.807, 2.05) is 18.3 Å². The van der Waals surface area contributed by atoms with E-state index in [4.69, 9.17) is 0 Å². The third kappa shape index (κ3) is 4.10. The van der Waals surface area contributed by atoms with E-state index in [0.29, 0.717) is 33.8 Å². The summed E-state index contributed by atoms with van der Waals surface area (Å²) in [5, 5.41) is 6.10. The molecule has 0 radical (unpaired) electrons. The summed E-state index contributed by atoms with van der Waals surface area (Å²) in [6.45, 7) is 1.54. The lowest BCUT2D eigenvalue weighted by molar-refractivity contribution is -0.138. The molecule has 12 heteroatoms. The smallest absolute Gasteiger partial charge is 0.345 e. The Labute approximate surface area is 201 Å². The molecule has 9 nitrogen and oxygen atoms in total. The fraction of sp³-hybridized carbons (Fsp3) is 0.208. The van der Waals surface area contributed by atoms with Crippen LogP contribution in [0.15, 0.2) is 59.8 Å². The zero-order chi connectivity index (χ0) is 25.6. The Morgan fingerprint density at radius 2 is 1.92 bits per heavy atom. The number of alkyl halides is 3. The van der Waals surface area contributed by atoms with Gasteiger partial charge in [0.15, 0.2) is 5.65 Å². The quantitative estimate of drug-likeness (QED) is 0.404. The van der Waals surface area contributed by atoms with Crippen molar-refractivity contribution in [3.05, 3.63) is 76.7 Å². The molecule has 5 rings (SSSR count). The van der Waals surface area contributed by atoms with Crippen LogP contribution < -0.4 is 11.0 Å². The number of carbonyl (C=O) groups is 1. The molecule has 0 aliphatic rings. The summed E-state index contributed by atoms with van der Waals surface area (Å²) in [5.41, 5.74) is 4.16. The summed E-state index contributed by atoms with van der Waals surface area (Å²) in [7, 11) is 0. The molecule has 1 amide bonds. The second-order valence-electron chi connectivity index (χ2n) is 8.29. The molecule has 4 heterocycles. The number of amides is 1. The maximum Gasteiger partial charge on any atom is 0.405 e. The van der Waals surface area contributed by atoms with Gasteiger partial charge < -0.3 is 5.32 Å². The van der Waals surface area contributed by atoms with Gasteiger partial charge >= 0.3 is 11.9 Å². The first kappa shape index (κ1) is 23.3. The van der Waals surface area contributed by atoms with Crippen LogP contribution >= 0.6 is 0 Å². The largest absolute Gasteiger partial charge is 0.405 e. The van der Waals surface area contributed by atoms with Crippen molar-refractivity contribution < 1.29 is 18.0 Å². The van der Waals surface area contributed by atoms with Crippen LogP contribution in [0, 0.1) is 13.8 Å². The third-order valence-corrected chi connectivity index (χ3v) is 5.79. The third-order valence-electron chi connectivity index (χ3n) is 5.79. The van der Waals surface area contributed by atoms with E-state index in [2.05, 4.69) is 15.1 Å². The highest BCUT2D eigenvalue weighted by Gasteiger charge is 2.28. The van der Waals surface area contributed by atoms with Gasteiger partial charge in [-0.1, -0.05) is 12.1 Å². The van der Waals surface area contributed by atoms with Crippen LogP contribution in [0.2, 0.25) is 0 Å². The highest BCUT2D eigenvalue weighted by molar-refractivity contribution is 5.84. The lowest BCUT2D eigenvalue weighted by Crippen LogP contribution is -2.38. The Morgan fingerprint density at radius 3 is 2.67 bits per heavy atom. The number of hydrogen-bond donors (Lipinski definition) is 1. The van der Waals surface area contributed by atoms with E-state index in [1.54, 1.807) is 60.4 Å². The van der Waals surface area contributed by atoms with Crippen molar-refractivity contribution in [1.29, 1.82) is 0 Å². The summed E-state index contributed by atoms with van der Waals surface area (Å²) >= 11 is 0. The SMILES string of the molecule is Cc1nc(-c2cnn3cccnc23)ccc1-n1c(=O)n(CC(=O)NCC(F)(F)F)c2cccc(C)c21. The van der Waals surface area contributed by atoms with E-state index < -0.39 is 30.9 Å². The number of nitrogens with one attached hydrogen (secondary N) is 1. The fourth-order valence-corrected chi connectivity index (χ4v) is 4.19. The van der Waals surface area contributed by atoms with Gasteiger partial charge in [0.1, 0.15) is 13.1 Å². The molecular formula is C24H20F3N7O2. The number of imidazole rings is 1. The molecule has 0 unspecified atom stereocenters. The van der Waals surface area contributed by atoms with Crippen LogP contribution in [0.5, 0.6) is 0 Å². The fourth-order valence-electron chi connectivity index (χ4n) is 4.19. The highest BCUT2D eigenvalue weighted by Crippen LogP contribution is 2.26. The number of halogens is 3. The van der Waals surface area contributed by atoms with Gasteiger partial charge in [-0.05, 0) is 43.7 Å². The second-order valence-corrected chi connectivity index (χ2v) is 8.29. The van der Waals surface area contributed by atoms with Crippen molar-refractivity contribution in [1.82, 2.24) is 34.0 Å². The molecule has 4 aromatic heterocycles. The molecule has 5 aromatic rings. The van der Waals surface area contributed by atoms with Crippen molar-refractivity contribution in [2.24, 2.45) is 0 Å². The maximum atomic E-state index is 13.5. The van der Waals surface area contributed by atoms with Crippen molar-refractivity contribution in [3.63, 3.8) is 0 Å². The van der Waals surface area contributed by atoms with E-state index in [0.717, 1.165) is 15.7 Å². The number of pyridine rings is 1. The van der Waals surface area contributed by atoms with Crippen molar-refractivity contribution >= 4 is 22.6 Å². The van der Waals surface area contributed by atoms with Crippen LogP contribution in [0.1, 0.15) is 11.3 Å². The minimum Gasteiger partial charge on any atom is -0.345 e. The number of benzene rings is 1. The first-order chi connectivity index (χ1) is 17.1. The maximum absolute atomic E-state index is 13.5. The molecule has 0 atom stereocenters. The Morgan fingerprint density at radius 1 is 1.11 bits per heavy atom. The molecule has 36 heavy (non-hydrogen) atoms.